The zero-order chi connectivity index (χ0) is 24.3. The van der Waals surface area contributed by atoms with Gasteiger partial charge in [-0.25, -0.2) is 15.0 Å². The highest BCUT2D eigenvalue weighted by molar-refractivity contribution is 6.17. The summed E-state index contributed by atoms with van der Waals surface area (Å²) in [5.74, 6) is 0.929. The van der Waals surface area contributed by atoms with Gasteiger partial charge < -0.3 is 15.2 Å². The predicted octanol–water partition coefficient (Wildman–Crippen LogP) is 3.11. The lowest BCUT2D eigenvalue weighted by atomic mass is 9.70. The van der Waals surface area contributed by atoms with E-state index in [9.17, 15) is 9.59 Å². The first-order valence-corrected chi connectivity index (χ1v) is 11.8. The van der Waals surface area contributed by atoms with Crippen LogP contribution >= 0.6 is 0 Å². The zero-order valence-electron chi connectivity index (χ0n) is 19.9. The molecule has 0 saturated heterocycles. The molecule has 0 fully saturated rings. The summed E-state index contributed by atoms with van der Waals surface area (Å²) in [5, 5.41) is 7.78. The average molecular weight is 469 g/mol. The van der Waals surface area contributed by atoms with E-state index in [1.807, 2.05) is 24.0 Å². The molecule has 0 aliphatic carbocycles. The number of aromatic amines is 1. The Morgan fingerprint density at radius 2 is 1.97 bits per heavy atom. The fraction of sp³-hybridized carbons (Fsp3) is 0.360. The van der Waals surface area contributed by atoms with Gasteiger partial charge in [0, 0.05) is 17.5 Å². The number of amides is 2. The fourth-order valence-corrected chi connectivity index (χ4v) is 6.63. The van der Waals surface area contributed by atoms with Gasteiger partial charge in [0.05, 0.1) is 17.7 Å². The van der Waals surface area contributed by atoms with Gasteiger partial charge in [0.1, 0.15) is 23.1 Å². The smallest absolute Gasteiger partial charge is 0.243 e. The maximum atomic E-state index is 14.5. The first-order chi connectivity index (χ1) is 16.7. The molecule has 3 aliphatic heterocycles. The number of H-pyrrole nitrogens is 1. The summed E-state index contributed by atoms with van der Waals surface area (Å²) in [7, 11) is 0. The molecule has 2 atom stereocenters. The summed E-state index contributed by atoms with van der Waals surface area (Å²) in [6.45, 7) is 8.30. The molecule has 0 radical (unpaired) electrons. The van der Waals surface area contributed by atoms with E-state index in [2.05, 4.69) is 52.1 Å². The van der Waals surface area contributed by atoms with Gasteiger partial charge in [0.15, 0.2) is 11.5 Å². The molecule has 176 valence electrons. The van der Waals surface area contributed by atoms with Crippen molar-refractivity contribution in [3.8, 4) is 5.82 Å². The van der Waals surface area contributed by atoms with Crippen LogP contribution in [0.15, 0.2) is 30.9 Å². The minimum Gasteiger partial charge on any atom is -0.340 e. The van der Waals surface area contributed by atoms with E-state index in [0.29, 0.717) is 34.4 Å². The molecule has 1 aromatic carbocycles. The van der Waals surface area contributed by atoms with Crippen LogP contribution in [0.5, 0.6) is 0 Å². The Labute approximate surface area is 200 Å². The molecular formula is C25H24N8O2. The van der Waals surface area contributed by atoms with Crippen molar-refractivity contribution in [2.45, 2.75) is 57.4 Å². The van der Waals surface area contributed by atoms with E-state index in [1.54, 1.807) is 11.0 Å². The number of benzene rings is 1. The number of hydrogen-bond donors (Lipinski definition) is 2. The van der Waals surface area contributed by atoms with Gasteiger partial charge in [-0.3, -0.25) is 9.59 Å². The highest BCUT2D eigenvalue weighted by atomic mass is 16.2. The van der Waals surface area contributed by atoms with Crippen molar-refractivity contribution >= 4 is 34.5 Å². The first-order valence-electron chi connectivity index (χ1n) is 11.8. The Hall–Kier alpha value is -4.08. The van der Waals surface area contributed by atoms with E-state index in [0.717, 1.165) is 28.8 Å². The Morgan fingerprint density at radius 3 is 2.80 bits per heavy atom. The number of nitrogens with one attached hydrogen (secondary N) is 2. The van der Waals surface area contributed by atoms with Crippen molar-refractivity contribution in [2.24, 2.45) is 0 Å². The van der Waals surface area contributed by atoms with Gasteiger partial charge in [-0.15, -0.1) is 0 Å². The summed E-state index contributed by atoms with van der Waals surface area (Å²) in [6.07, 6.45) is 3.84. The normalized spacial score (nSPS) is 24.1. The van der Waals surface area contributed by atoms with Crippen LogP contribution in [0, 0.1) is 6.92 Å². The average Bonchev–Trinajstić information content (AvgIpc) is 3.47. The maximum Gasteiger partial charge on any atom is 0.243 e. The number of aromatic nitrogens is 6. The summed E-state index contributed by atoms with van der Waals surface area (Å²) >= 11 is 0. The number of aryl methyl sites for hydroxylation is 1. The standard InChI is InChI=1S/C25H24N8O2/c1-12-8-24(3,4)32-19-14(12)6-5-7-15(19)25(23(32)35)9-16(34)30-21-17(25)13(2)31-33(21)22-18-20(27-10-26-18)28-11-29-22/h5-7,10-12H,8-9H2,1-4H3,(H,30,34)(H,26,27,28,29). The van der Waals surface area contributed by atoms with E-state index in [4.69, 9.17) is 5.10 Å². The number of para-hydroxylation sites is 1. The van der Waals surface area contributed by atoms with Crippen molar-refractivity contribution < 1.29 is 9.59 Å². The molecule has 2 amide bonds. The number of fused-ring (bicyclic) bond motifs is 4. The number of carbonyl (C=O) groups excluding carboxylic acids is 2. The van der Waals surface area contributed by atoms with Crippen molar-refractivity contribution in [1.29, 1.82) is 0 Å². The minimum atomic E-state index is -1.15. The molecule has 1 spiro atoms. The first kappa shape index (κ1) is 20.3. The zero-order valence-corrected chi connectivity index (χ0v) is 19.9. The quantitative estimate of drug-likeness (QED) is 0.443. The van der Waals surface area contributed by atoms with Gasteiger partial charge in [-0.2, -0.15) is 9.78 Å². The molecule has 3 aliphatic rings. The van der Waals surface area contributed by atoms with Gasteiger partial charge in [-0.05, 0) is 44.2 Å². The summed E-state index contributed by atoms with van der Waals surface area (Å²) in [6, 6.07) is 6.11. The van der Waals surface area contributed by atoms with Crippen molar-refractivity contribution in [1.82, 2.24) is 29.7 Å². The van der Waals surface area contributed by atoms with E-state index < -0.39 is 5.41 Å². The van der Waals surface area contributed by atoms with Crippen molar-refractivity contribution in [2.75, 3.05) is 10.2 Å². The molecule has 7 rings (SSSR count). The van der Waals surface area contributed by atoms with Crippen LogP contribution in [-0.2, 0) is 15.0 Å². The lowest BCUT2D eigenvalue weighted by Crippen LogP contribution is -2.54. The maximum absolute atomic E-state index is 14.5. The predicted molar refractivity (Wildman–Crippen MR) is 129 cm³/mol. The molecule has 0 saturated carbocycles. The number of rotatable bonds is 1. The number of imidazole rings is 1. The topological polar surface area (TPSA) is 122 Å². The molecule has 6 heterocycles. The molecular weight excluding hydrogens is 444 g/mol. The number of nitrogens with zero attached hydrogens (tertiary/aromatic N) is 6. The lowest BCUT2D eigenvalue weighted by Gasteiger charge is -2.44. The third-order valence-corrected chi connectivity index (χ3v) is 7.84. The van der Waals surface area contributed by atoms with Crippen LogP contribution in [0.3, 0.4) is 0 Å². The molecule has 3 aromatic heterocycles. The molecule has 2 unspecified atom stereocenters. The SMILES string of the molecule is Cc1nn(-c2ncnc3nc[nH]c23)c2c1C1(CC(=O)N2)C(=O)N2c3c(cccc31)C(C)CC2(C)C. The lowest BCUT2D eigenvalue weighted by molar-refractivity contribution is -0.127. The van der Waals surface area contributed by atoms with E-state index in [1.165, 1.54) is 6.33 Å². The third-order valence-electron chi connectivity index (χ3n) is 7.84. The number of anilines is 2. The Balaban J connectivity index is 1.55. The van der Waals surface area contributed by atoms with Gasteiger partial charge >= 0.3 is 0 Å². The largest absolute Gasteiger partial charge is 0.340 e. The Kier molecular flexibility index (Phi) is 3.67. The highest BCUT2D eigenvalue weighted by Crippen LogP contribution is 2.59. The van der Waals surface area contributed by atoms with Crippen LogP contribution in [-0.4, -0.2) is 47.1 Å². The molecule has 4 aromatic rings. The molecule has 10 heteroatoms. The molecule has 0 bridgehead atoms. The van der Waals surface area contributed by atoms with Gasteiger partial charge in [-0.1, -0.05) is 25.1 Å². The molecule has 35 heavy (non-hydrogen) atoms. The molecule has 10 nitrogen and oxygen atoms in total. The Morgan fingerprint density at radius 1 is 1.14 bits per heavy atom. The number of hydrogen-bond acceptors (Lipinski definition) is 6. The Bertz CT molecular complexity index is 1600. The van der Waals surface area contributed by atoms with Crippen LogP contribution in [0.1, 0.15) is 61.9 Å². The van der Waals surface area contributed by atoms with Crippen molar-refractivity contribution in [3.63, 3.8) is 0 Å². The second-order valence-electron chi connectivity index (χ2n) is 10.5. The van der Waals surface area contributed by atoms with Gasteiger partial charge in [0.2, 0.25) is 11.8 Å². The highest BCUT2D eigenvalue weighted by Gasteiger charge is 2.62. The van der Waals surface area contributed by atoms with E-state index >= 15 is 0 Å². The number of carbonyl (C=O) groups is 2. The monoisotopic (exact) mass is 468 g/mol. The second-order valence-corrected chi connectivity index (χ2v) is 10.5. The fourth-order valence-electron chi connectivity index (χ4n) is 6.63. The van der Waals surface area contributed by atoms with Crippen molar-refractivity contribution in [3.05, 3.63) is 53.2 Å². The third kappa shape index (κ3) is 2.34. The second kappa shape index (κ2) is 6.32. The van der Waals surface area contributed by atoms with Crippen LogP contribution < -0.4 is 10.2 Å². The summed E-state index contributed by atoms with van der Waals surface area (Å²) in [4.78, 5) is 45.7. The summed E-state index contributed by atoms with van der Waals surface area (Å²) < 4.78 is 1.60. The molecule has 2 N–H and O–H groups in total. The van der Waals surface area contributed by atoms with Crippen LogP contribution in [0.4, 0.5) is 11.5 Å². The van der Waals surface area contributed by atoms with Gasteiger partial charge in [0.25, 0.3) is 0 Å². The van der Waals surface area contributed by atoms with Crippen LogP contribution in [0.2, 0.25) is 0 Å². The van der Waals surface area contributed by atoms with E-state index in [-0.39, 0.29) is 23.8 Å². The summed E-state index contributed by atoms with van der Waals surface area (Å²) in [5.41, 5.74) is 3.94. The minimum absolute atomic E-state index is 0.0338. The van der Waals surface area contributed by atoms with Crippen LogP contribution in [0.25, 0.3) is 17.0 Å².